The molecule has 11 heteroatoms. The minimum Gasteiger partial charge on any atom is -0.296 e. The Balaban J connectivity index is 5.69. The maximum absolute atomic E-state index is 12.1. The molecular formula is C4HF7O3S. The van der Waals surface area contributed by atoms with Crippen molar-refractivity contribution in [1.29, 1.82) is 0 Å². The second kappa shape index (κ2) is 3.32. The van der Waals surface area contributed by atoms with Gasteiger partial charge in [0, 0.05) is 0 Å². The van der Waals surface area contributed by atoms with E-state index in [2.05, 4.69) is 0 Å². The van der Waals surface area contributed by atoms with Crippen molar-refractivity contribution in [2.45, 2.75) is 17.1 Å². The van der Waals surface area contributed by atoms with Gasteiger partial charge in [-0.15, -0.1) is 0 Å². The van der Waals surface area contributed by atoms with Gasteiger partial charge in [0.1, 0.15) is 0 Å². The molecule has 90 valence electrons. The van der Waals surface area contributed by atoms with Gasteiger partial charge in [0.05, 0.1) is 0 Å². The van der Waals surface area contributed by atoms with E-state index in [4.69, 9.17) is 0 Å². The maximum Gasteiger partial charge on any atom is 0.442 e. The van der Waals surface area contributed by atoms with Gasteiger partial charge < -0.3 is 0 Å². The van der Waals surface area contributed by atoms with Crippen LogP contribution in [-0.4, -0.2) is 31.8 Å². The van der Waals surface area contributed by atoms with Crippen LogP contribution in [0.4, 0.5) is 30.2 Å². The number of alkyl halides is 6. The SMILES string of the molecule is O=CC(F)(F)C(F)(F)C(F)(F)S(=O)(=O)F. The molecule has 0 aromatic rings. The minimum atomic E-state index is -7.28. The molecule has 0 saturated carbocycles. The molecule has 0 amide bonds. The van der Waals surface area contributed by atoms with Crippen LogP contribution < -0.4 is 0 Å². The Hall–Kier alpha value is -0.870. The molecule has 0 aromatic heterocycles. The fourth-order valence-electron chi connectivity index (χ4n) is 0.421. The van der Waals surface area contributed by atoms with Crippen molar-refractivity contribution in [2.75, 3.05) is 0 Å². The van der Waals surface area contributed by atoms with Crippen LogP contribution in [-0.2, 0) is 15.0 Å². The summed E-state index contributed by atoms with van der Waals surface area (Å²) >= 11 is 0. The van der Waals surface area contributed by atoms with Crippen molar-refractivity contribution in [3.63, 3.8) is 0 Å². The van der Waals surface area contributed by atoms with Crippen molar-refractivity contribution in [2.24, 2.45) is 0 Å². The van der Waals surface area contributed by atoms with Gasteiger partial charge in [-0.1, -0.05) is 3.89 Å². The minimum absolute atomic E-state index is 1.90. The molecule has 0 fully saturated rings. The number of hydrogen-bond donors (Lipinski definition) is 0. The van der Waals surface area contributed by atoms with E-state index in [1.807, 2.05) is 0 Å². The normalized spacial score (nSPS) is 15.1. The third-order valence-corrected chi connectivity index (χ3v) is 2.11. The van der Waals surface area contributed by atoms with E-state index in [1.165, 1.54) is 0 Å². The average molecular weight is 262 g/mol. The Morgan fingerprint density at radius 2 is 1.27 bits per heavy atom. The maximum atomic E-state index is 12.1. The number of carbonyl (C=O) groups excluding carboxylic acids is 1. The first-order chi connectivity index (χ1) is 6.31. The molecule has 0 heterocycles. The van der Waals surface area contributed by atoms with Crippen LogP contribution in [0, 0.1) is 0 Å². The third kappa shape index (κ3) is 1.92. The Morgan fingerprint density at radius 1 is 0.933 bits per heavy atom. The van der Waals surface area contributed by atoms with E-state index in [0.717, 1.165) is 0 Å². The number of carbonyl (C=O) groups is 1. The molecule has 3 nitrogen and oxygen atoms in total. The third-order valence-electron chi connectivity index (χ3n) is 1.24. The zero-order valence-corrected chi connectivity index (χ0v) is 7.17. The highest BCUT2D eigenvalue weighted by Gasteiger charge is 2.78. The van der Waals surface area contributed by atoms with Crippen LogP contribution >= 0.6 is 0 Å². The van der Waals surface area contributed by atoms with E-state index >= 15 is 0 Å². The quantitative estimate of drug-likeness (QED) is 0.436. The Bertz CT molecular complexity index is 358. The van der Waals surface area contributed by atoms with Crippen molar-refractivity contribution in [1.82, 2.24) is 0 Å². The summed E-state index contributed by atoms with van der Waals surface area (Å²) in [6, 6.07) is 0. The first kappa shape index (κ1) is 14.1. The molecular weight excluding hydrogens is 261 g/mol. The number of rotatable bonds is 4. The largest absolute Gasteiger partial charge is 0.442 e. The predicted octanol–water partition coefficient (Wildman–Crippen LogP) is 1.35. The molecule has 0 aromatic carbocycles. The monoisotopic (exact) mass is 262 g/mol. The lowest BCUT2D eigenvalue weighted by atomic mass is 10.2. The molecule has 0 radical (unpaired) electrons. The van der Waals surface area contributed by atoms with E-state index in [0.29, 0.717) is 0 Å². The molecule has 0 atom stereocenters. The number of aldehydes is 1. The average Bonchev–Trinajstić information content (AvgIpc) is 2.01. The van der Waals surface area contributed by atoms with E-state index in [-0.39, 0.29) is 0 Å². The summed E-state index contributed by atoms with van der Waals surface area (Å²) < 4.78 is 103. The van der Waals surface area contributed by atoms with Gasteiger partial charge in [-0.25, -0.2) is 0 Å². The van der Waals surface area contributed by atoms with Gasteiger partial charge in [0.15, 0.2) is 6.29 Å². The molecule has 0 rings (SSSR count). The van der Waals surface area contributed by atoms with Gasteiger partial charge in [-0.05, 0) is 0 Å². The zero-order chi connectivity index (χ0) is 12.7. The first-order valence-corrected chi connectivity index (χ1v) is 4.23. The lowest BCUT2D eigenvalue weighted by molar-refractivity contribution is -0.263. The number of halogens is 7. The Kier molecular flexibility index (Phi) is 3.13. The molecule has 0 saturated heterocycles. The topological polar surface area (TPSA) is 51.2 Å². The van der Waals surface area contributed by atoms with Gasteiger partial charge in [-0.2, -0.15) is 34.8 Å². The predicted molar refractivity (Wildman–Crippen MR) is 30.9 cm³/mol. The molecule has 0 aliphatic carbocycles. The lowest BCUT2D eigenvalue weighted by Crippen LogP contribution is -2.57. The van der Waals surface area contributed by atoms with E-state index in [1.54, 1.807) is 0 Å². The van der Waals surface area contributed by atoms with Crippen molar-refractivity contribution >= 4 is 16.5 Å². The van der Waals surface area contributed by atoms with Crippen LogP contribution in [0.1, 0.15) is 0 Å². The highest BCUT2D eigenvalue weighted by molar-refractivity contribution is 7.87. The molecule has 0 spiro atoms. The van der Waals surface area contributed by atoms with Crippen molar-refractivity contribution in [3.8, 4) is 0 Å². The van der Waals surface area contributed by atoms with E-state index in [9.17, 15) is 43.4 Å². The molecule has 0 bridgehead atoms. The van der Waals surface area contributed by atoms with Gasteiger partial charge in [0.25, 0.3) is 0 Å². The number of hydrogen-bond acceptors (Lipinski definition) is 3. The molecule has 15 heavy (non-hydrogen) atoms. The summed E-state index contributed by atoms with van der Waals surface area (Å²) in [7, 11) is -7.28. The lowest BCUT2D eigenvalue weighted by Gasteiger charge is -2.26. The van der Waals surface area contributed by atoms with Crippen LogP contribution in [0.15, 0.2) is 0 Å². The summed E-state index contributed by atoms with van der Waals surface area (Å²) in [5.74, 6) is -12.7. The molecule has 0 unspecified atom stereocenters. The van der Waals surface area contributed by atoms with Crippen LogP contribution in [0.2, 0.25) is 0 Å². The van der Waals surface area contributed by atoms with Crippen molar-refractivity contribution in [3.05, 3.63) is 0 Å². The second-order valence-corrected chi connectivity index (χ2v) is 3.66. The highest BCUT2D eigenvalue weighted by Crippen LogP contribution is 2.47. The van der Waals surface area contributed by atoms with Crippen molar-refractivity contribution < 1.29 is 43.4 Å². The zero-order valence-electron chi connectivity index (χ0n) is 6.36. The van der Waals surface area contributed by atoms with Gasteiger partial charge in [0.2, 0.25) is 0 Å². The smallest absolute Gasteiger partial charge is 0.296 e. The summed E-state index contributed by atoms with van der Waals surface area (Å²) in [6.07, 6.45) is -1.90. The Labute approximate surface area is 78.1 Å². The van der Waals surface area contributed by atoms with E-state index < -0.39 is 33.6 Å². The Morgan fingerprint density at radius 3 is 1.47 bits per heavy atom. The molecule has 0 aliphatic rings. The molecule has 0 N–H and O–H groups in total. The summed E-state index contributed by atoms with van der Waals surface area (Å²) in [5, 5.41) is -6.69. The van der Waals surface area contributed by atoms with Crippen LogP contribution in [0.5, 0.6) is 0 Å². The first-order valence-electron chi connectivity index (χ1n) is 2.85. The van der Waals surface area contributed by atoms with Gasteiger partial charge >= 0.3 is 27.3 Å². The van der Waals surface area contributed by atoms with Gasteiger partial charge in [-0.3, -0.25) is 4.79 Å². The highest BCUT2D eigenvalue weighted by atomic mass is 32.3. The fraction of sp³-hybridized carbons (Fsp3) is 0.750. The van der Waals surface area contributed by atoms with Crippen LogP contribution in [0.3, 0.4) is 0 Å². The standard InChI is InChI=1S/C4HF7O3S/c5-2(6,1-12)3(7,8)4(9,10)15(11,13)14/h1H. The van der Waals surface area contributed by atoms with Crippen LogP contribution in [0.25, 0.3) is 0 Å². The molecule has 0 aliphatic heterocycles. The summed E-state index contributed by atoms with van der Waals surface area (Å²) in [5.41, 5.74) is 0. The summed E-state index contributed by atoms with van der Waals surface area (Å²) in [6.45, 7) is 0. The fourth-order valence-corrected chi connectivity index (χ4v) is 0.863. The second-order valence-electron chi connectivity index (χ2n) is 2.27. The summed E-state index contributed by atoms with van der Waals surface area (Å²) in [4.78, 5) is 9.37.